The summed E-state index contributed by atoms with van der Waals surface area (Å²) in [7, 11) is 0. The number of ether oxygens (including phenoxy) is 2. The van der Waals surface area contributed by atoms with Gasteiger partial charge in [0.05, 0.1) is 6.10 Å². The van der Waals surface area contributed by atoms with Crippen molar-refractivity contribution >= 4 is 11.9 Å². The van der Waals surface area contributed by atoms with Gasteiger partial charge in [-0.15, -0.1) is 0 Å². The summed E-state index contributed by atoms with van der Waals surface area (Å²) in [6.07, 6.45) is 23.6. The highest BCUT2D eigenvalue weighted by atomic mass is 16.5. The van der Waals surface area contributed by atoms with Crippen LogP contribution in [0, 0.1) is 0 Å². The standard InChI is InChI=1S/C27H50O4/c1-4-6-8-10-12-13-14-15-17-19-24-30-26(28)22-20-23-27(29)31-25(3)21-18-16-11-9-7-5-2/h17,19,25H,4-16,18,20-24H2,1-3H3/b19-17+. The van der Waals surface area contributed by atoms with E-state index in [4.69, 9.17) is 9.47 Å². The first-order chi connectivity index (χ1) is 15.1. The quantitative estimate of drug-likeness (QED) is 0.0973. The Morgan fingerprint density at radius 2 is 1.23 bits per heavy atom. The minimum atomic E-state index is -0.242. The van der Waals surface area contributed by atoms with Gasteiger partial charge in [-0.3, -0.25) is 9.59 Å². The normalized spacial score (nSPS) is 12.2. The average Bonchev–Trinajstić information content (AvgIpc) is 2.74. The summed E-state index contributed by atoms with van der Waals surface area (Å²) in [5.74, 6) is -0.450. The molecule has 4 nitrogen and oxygen atoms in total. The molecule has 1 unspecified atom stereocenters. The molecule has 0 saturated heterocycles. The molecular formula is C27H50O4. The van der Waals surface area contributed by atoms with E-state index >= 15 is 0 Å². The molecular weight excluding hydrogens is 388 g/mol. The lowest BCUT2D eigenvalue weighted by molar-refractivity contribution is -0.149. The van der Waals surface area contributed by atoms with Crippen molar-refractivity contribution in [2.75, 3.05) is 6.61 Å². The zero-order valence-electron chi connectivity index (χ0n) is 20.8. The molecule has 0 radical (unpaired) electrons. The molecule has 0 aromatic heterocycles. The average molecular weight is 439 g/mol. The highest BCUT2D eigenvalue weighted by molar-refractivity contribution is 5.72. The minimum absolute atomic E-state index is 0.0351. The van der Waals surface area contributed by atoms with E-state index in [0.29, 0.717) is 13.0 Å². The van der Waals surface area contributed by atoms with Crippen molar-refractivity contribution in [1.29, 1.82) is 0 Å². The first-order valence-corrected chi connectivity index (χ1v) is 13.1. The Morgan fingerprint density at radius 1 is 0.677 bits per heavy atom. The van der Waals surface area contributed by atoms with Gasteiger partial charge < -0.3 is 9.47 Å². The molecule has 0 N–H and O–H groups in total. The SMILES string of the molecule is CCCCCCCCC/C=C/COC(=O)CCCC(=O)OC(C)CCCCCCCC. The third-order valence-electron chi connectivity index (χ3n) is 5.54. The van der Waals surface area contributed by atoms with Crippen molar-refractivity contribution in [3.63, 3.8) is 0 Å². The van der Waals surface area contributed by atoms with Gasteiger partial charge in [-0.1, -0.05) is 96.6 Å². The Hall–Kier alpha value is -1.32. The molecule has 0 aliphatic carbocycles. The molecule has 0 aromatic rings. The van der Waals surface area contributed by atoms with Gasteiger partial charge in [-0.25, -0.2) is 0 Å². The van der Waals surface area contributed by atoms with Crippen LogP contribution in [0.5, 0.6) is 0 Å². The van der Waals surface area contributed by atoms with E-state index in [-0.39, 0.29) is 30.9 Å². The predicted molar refractivity (Wildman–Crippen MR) is 130 cm³/mol. The van der Waals surface area contributed by atoms with E-state index in [0.717, 1.165) is 19.3 Å². The Labute approximate surface area is 192 Å². The van der Waals surface area contributed by atoms with Gasteiger partial charge >= 0.3 is 11.9 Å². The smallest absolute Gasteiger partial charge is 0.306 e. The first-order valence-electron chi connectivity index (χ1n) is 13.1. The molecule has 182 valence electrons. The summed E-state index contributed by atoms with van der Waals surface area (Å²) >= 11 is 0. The Kier molecular flexibility index (Phi) is 22.4. The maximum Gasteiger partial charge on any atom is 0.306 e. The lowest BCUT2D eigenvalue weighted by Gasteiger charge is -2.13. The minimum Gasteiger partial charge on any atom is -0.463 e. The molecule has 4 heteroatoms. The molecule has 0 saturated carbocycles. The van der Waals surface area contributed by atoms with Gasteiger partial charge in [-0.05, 0) is 39.0 Å². The van der Waals surface area contributed by atoms with Crippen molar-refractivity contribution in [3.8, 4) is 0 Å². The number of unbranched alkanes of at least 4 members (excludes halogenated alkanes) is 12. The monoisotopic (exact) mass is 438 g/mol. The number of carbonyl (C=O) groups excluding carboxylic acids is 2. The van der Waals surface area contributed by atoms with E-state index in [1.54, 1.807) is 0 Å². The second kappa shape index (κ2) is 23.3. The maximum atomic E-state index is 11.9. The van der Waals surface area contributed by atoms with Gasteiger partial charge in [0.2, 0.25) is 0 Å². The maximum absolute atomic E-state index is 11.9. The number of carbonyl (C=O) groups is 2. The van der Waals surface area contributed by atoms with Gasteiger partial charge in [-0.2, -0.15) is 0 Å². The zero-order valence-corrected chi connectivity index (χ0v) is 20.8. The van der Waals surface area contributed by atoms with E-state index in [1.807, 2.05) is 13.0 Å². The summed E-state index contributed by atoms with van der Waals surface area (Å²) in [6.45, 7) is 6.74. The van der Waals surface area contributed by atoms with E-state index < -0.39 is 0 Å². The second-order valence-corrected chi connectivity index (χ2v) is 8.77. The van der Waals surface area contributed by atoms with Gasteiger partial charge in [0.1, 0.15) is 6.61 Å². The van der Waals surface area contributed by atoms with Crippen molar-refractivity contribution in [1.82, 2.24) is 0 Å². The molecule has 0 amide bonds. The third kappa shape index (κ3) is 23.2. The molecule has 0 spiro atoms. The van der Waals surface area contributed by atoms with Crippen LogP contribution in [0.1, 0.15) is 136 Å². The van der Waals surface area contributed by atoms with E-state index in [9.17, 15) is 9.59 Å². The Balaban J connectivity index is 3.51. The van der Waals surface area contributed by atoms with Crippen molar-refractivity contribution in [2.24, 2.45) is 0 Å². The van der Waals surface area contributed by atoms with Crippen LogP contribution >= 0.6 is 0 Å². The van der Waals surface area contributed by atoms with Crippen LogP contribution in [0.4, 0.5) is 0 Å². The lowest BCUT2D eigenvalue weighted by Crippen LogP contribution is -2.15. The van der Waals surface area contributed by atoms with Crippen LogP contribution in [-0.4, -0.2) is 24.6 Å². The molecule has 0 aliphatic rings. The summed E-state index contributed by atoms with van der Waals surface area (Å²) < 4.78 is 10.6. The third-order valence-corrected chi connectivity index (χ3v) is 5.54. The lowest BCUT2D eigenvalue weighted by atomic mass is 10.1. The van der Waals surface area contributed by atoms with Crippen LogP contribution in [0.2, 0.25) is 0 Å². The number of hydrogen-bond donors (Lipinski definition) is 0. The fraction of sp³-hybridized carbons (Fsp3) is 0.852. The van der Waals surface area contributed by atoms with Gasteiger partial charge in [0.15, 0.2) is 0 Å². The van der Waals surface area contributed by atoms with Crippen LogP contribution in [0.15, 0.2) is 12.2 Å². The fourth-order valence-electron chi connectivity index (χ4n) is 3.55. The molecule has 0 bridgehead atoms. The predicted octanol–water partition coefficient (Wildman–Crippen LogP) is 8.08. The number of allylic oxidation sites excluding steroid dienone is 1. The number of rotatable bonds is 22. The second-order valence-electron chi connectivity index (χ2n) is 8.77. The highest BCUT2D eigenvalue weighted by Gasteiger charge is 2.11. The van der Waals surface area contributed by atoms with Crippen molar-refractivity contribution < 1.29 is 19.1 Å². The largest absolute Gasteiger partial charge is 0.463 e. The zero-order chi connectivity index (χ0) is 23.0. The van der Waals surface area contributed by atoms with Crippen LogP contribution in [0.25, 0.3) is 0 Å². The number of hydrogen-bond acceptors (Lipinski definition) is 4. The molecule has 0 heterocycles. The summed E-state index contributed by atoms with van der Waals surface area (Å²) in [5.41, 5.74) is 0. The van der Waals surface area contributed by atoms with E-state index in [1.165, 1.54) is 77.0 Å². The van der Waals surface area contributed by atoms with Crippen LogP contribution in [0.3, 0.4) is 0 Å². The van der Waals surface area contributed by atoms with Crippen molar-refractivity contribution in [2.45, 2.75) is 142 Å². The van der Waals surface area contributed by atoms with Gasteiger partial charge in [0.25, 0.3) is 0 Å². The summed E-state index contributed by atoms with van der Waals surface area (Å²) in [4.78, 5) is 23.6. The van der Waals surface area contributed by atoms with Gasteiger partial charge in [0, 0.05) is 12.8 Å². The molecule has 0 fully saturated rings. The molecule has 0 rings (SSSR count). The Morgan fingerprint density at radius 3 is 1.87 bits per heavy atom. The van der Waals surface area contributed by atoms with E-state index in [2.05, 4.69) is 19.9 Å². The summed E-state index contributed by atoms with van der Waals surface area (Å²) in [6, 6.07) is 0. The molecule has 0 aromatic carbocycles. The molecule has 0 aliphatic heterocycles. The van der Waals surface area contributed by atoms with Crippen LogP contribution in [-0.2, 0) is 19.1 Å². The summed E-state index contributed by atoms with van der Waals surface area (Å²) in [5, 5.41) is 0. The van der Waals surface area contributed by atoms with Crippen LogP contribution < -0.4 is 0 Å². The molecule has 31 heavy (non-hydrogen) atoms. The number of esters is 2. The van der Waals surface area contributed by atoms with Crippen molar-refractivity contribution in [3.05, 3.63) is 12.2 Å². The molecule has 1 atom stereocenters. The highest BCUT2D eigenvalue weighted by Crippen LogP contribution is 2.12. The topological polar surface area (TPSA) is 52.6 Å². The Bertz CT molecular complexity index is 445. The first kappa shape index (κ1) is 29.7. The fourth-order valence-corrected chi connectivity index (χ4v) is 3.55.